The van der Waals surface area contributed by atoms with Gasteiger partial charge in [-0.05, 0) is 26.7 Å². The van der Waals surface area contributed by atoms with E-state index in [-0.39, 0.29) is 13.0 Å². The van der Waals surface area contributed by atoms with Gasteiger partial charge in [0.25, 0.3) is 0 Å². The molecule has 0 aliphatic heterocycles. The van der Waals surface area contributed by atoms with Crippen molar-refractivity contribution >= 4 is 6.09 Å². The molecule has 0 aromatic heterocycles. The smallest absolute Gasteiger partial charge is 0.405 e. The van der Waals surface area contributed by atoms with E-state index in [2.05, 4.69) is 5.32 Å². The molecule has 5 heteroatoms. The van der Waals surface area contributed by atoms with Crippen LogP contribution in [-0.4, -0.2) is 39.7 Å². The molecule has 0 spiro atoms. The molecule has 0 heterocycles. The molecule has 0 fully saturated rings. The van der Waals surface area contributed by atoms with Crippen molar-refractivity contribution in [3.05, 3.63) is 0 Å². The van der Waals surface area contributed by atoms with E-state index in [4.69, 9.17) is 10.2 Å². The van der Waals surface area contributed by atoms with Gasteiger partial charge in [0, 0.05) is 12.1 Å². The van der Waals surface area contributed by atoms with E-state index in [0.717, 1.165) is 0 Å². The number of aliphatic hydroxyl groups excluding tert-OH is 2. The third kappa shape index (κ3) is 6.36. The molecule has 0 aromatic rings. The van der Waals surface area contributed by atoms with Gasteiger partial charge >= 0.3 is 6.09 Å². The second-order valence-corrected chi connectivity index (χ2v) is 3.68. The van der Waals surface area contributed by atoms with Gasteiger partial charge in [0.2, 0.25) is 0 Å². The van der Waals surface area contributed by atoms with Crippen LogP contribution in [0.3, 0.4) is 0 Å². The first-order valence-electron chi connectivity index (χ1n) is 4.17. The Hall–Kier alpha value is -0.810. The third-order valence-corrected chi connectivity index (χ3v) is 1.65. The summed E-state index contributed by atoms with van der Waals surface area (Å²) in [7, 11) is 0. The van der Waals surface area contributed by atoms with Crippen molar-refractivity contribution < 1.29 is 20.1 Å². The highest BCUT2D eigenvalue weighted by molar-refractivity contribution is 5.65. The number of rotatable bonds is 5. The minimum absolute atomic E-state index is 0.0929. The van der Waals surface area contributed by atoms with Crippen LogP contribution < -0.4 is 5.32 Å². The van der Waals surface area contributed by atoms with E-state index < -0.39 is 17.7 Å². The van der Waals surface area contributed by atoms with Crippen molar-refractivity contribution in [2.45, 2.75) is 38.3 Å². The van der Waals surface area contributed by atoms with E-state index in [1.807, 2.05) is 0 Å². The van der Waals surface area contributed by atoms with Crippen LogP contribution in [-0.2, 0) is 0 Å². The van der Waals surface area contributed by atoms with Crippen molar-refractivity contribution in [1.82, 2.24) is 5.32 Å². The SMILES string of the molecule is CC(C)(CC(O)CCO)NC(=O)O. The number of hydrogen-bond acceptors (Lipinski definition) is 3. The van der Waals surface area contributed by atoms with Gasteiger partial charge in [0.15, 0.2) is 0 Å². The third-order valence-electron chi connectivity index (χ3n) is 1.65. The topological polar surface area (TPSA) is 89.8 Å². The molecular formula is C8H17NO4. The zero-order chi connectivity index (χ0) is 10.5. The summed E-state index contributed by atoms with van der Waals surface area (Å²) in [6.45, 7) is 3.27. The Kier molecular flexibility index (Phi) is 4.72. The van der Waals surface area contributed by atoms with E-state index >= 15 is 0 Å². The number of hydrogen-bond donors (Lipinski definition) is 4. The second kappa shape index (κ2) is 5.04. The number of carboxylic acid groups (broad SMARTS) is 1. The number of carbonyl (C=O) groups is 1. The van der Waals surface area contributed by atoms with Gasteiger partial charge in [-0.15, -0.1) is 0 Å². The molecule has 78 valence electrons. The molecule has 1 unspecified atom stereocenters. The van der Waals surface area contributed by atoms with Gasteiger partial charge in [0.1, 0.15) is 0 Å². The molecule has 0 saturated carbocycles. The second-order valence-electron chi connectivity index (χ2n) is 3.68. The molecule has 0 saturated heterocycles. The summed E-state index contributed by atoms with van der Waals surface area (Å²) in [6, 6.07) is 0. The molecule has 5 nitrogen and oxygen atoms in total. The lowest BCUT2D eigenvalue weighted by Gasteiger charge is -2.26. The monoisotopic (exact) mass is 191 g/mol. The summed E-state index contributed by atoms with van der Waals surface area (Å²) in [5.41, 5.74) is -0.666. The highest BCUT2D eigenvalue weighted by atomic mass is 16.4. The van der Waals surface area contributed by atoms with Crippen LogP contribution in [0.1, 0.15) is 26.7 Å². The predicted octanol–water partition coefficient (Wildman–Crippen LogP) is 0.166. The molecule has 4 N–H and O–H groups in total. The summed E-state index contributed by atoms with van der Waals surface area (Å²) >= 11 is 0. The standard InChI is InChI=1S/C8H17NO4/c1-8(2,9-7(12)13)5-6(11)3-4-10/h6,9-11H,3-5H2,1-2H3,(H,12,13). The fraction of sp³-hybridized carbons (Fsp3) is 0.875. The van der Waals surface area contributed by atoms with Crippen molar-refractivity contribution in [2.75, 3.05) is 6.61 Å². The van der Waals surface area contributed by atoms with Gasteiger partial charge in [0.05, 0.1) is 6.10 Å². The van der Waals surface area contributed by atoms with Crippen LogP contribution in [0.5, 0.6) is 0 Å². The Balaban J connectivity index is 3.92. The number of aliphatic hydroxyl groups is 2. The zero-order valence-electron chi connectivity index (χ0n) is 7.95. The van der Waals surface area contributed by atoms with Crippen molar-refractivity contribution in [2.24, 2.45) is 0 Å². The highest BCUT2D eigenvalue weighted by Gasteiger charge is 2.23. The van der Waals surface area contributed by atoms with Gasteiger partial charge < -0.3 is 20.6 Å². The van der Waals surface area contributed by atoms with Crippen molar-refractivity contribution in [3.8, 4) is 0 Å². The maximum Gasteiger partial charge on any atom is 0.405 e. The van der Waals surface area contributed by atoms with Crippen LogP contribution in [0.2, 0.25) is 0 Å². The van der Waals surface area contributed by atoms with E-state index in [1.54, 1.807) is 13.8 Å². The average Bonchev–Trinajstić information content (AvgIpc) is 1.81. The van der Waals surface area contributed by atoms with Crippen LogP contribution in [0.25, 0.3) is 0 Å². The summed E-state index contributed by atoms with van der Waals surface area (Å²) < 4.78 is 0. The van der Waals surface area contributed by atoms with Crippen LogP contribution in [0.4, 0.5) is 4.79 Å². The quantitative estimate of drug-likeness (QED) is 0.498. The number of amides is 1. The highest BCUT2D eigenvalue weighted by Crippen LogP contribution is 2.13. The molecule has 1 amide bonds. The van der Waals surface area contributed by atoms with Crippen molar-refractivity contribution in [1.29, 1.82) is 0 Å². The first-order chi connectivity index (χ1) is 5.87. The molecule has 0 rings (SSSR count). The maximum atomic E-state index is 10.3. The van der Waals surface area contributed by atoms with Crippen LogP contribution >= 0.6 is 0 Å². The van der Waals surface area contributed by atoms with E-state index in [9.17, 15) is 9.90 Å². The Labute approximate surface area is 77.4 Å². The first kappa shape index (κ1) is 12.2. The lowest BCUT2D eigenvalue weighted by Crippen LogP contribution is -2.45. The summed E-state index contributed by atoms with van der Waals surface area (Å²) in [5, 5.41) is 28.6. The molecular weight excluding hydrogens is 174 g/mol. The Bertz CT molecular complexity index is 170. The Morgan fingerprint density at radius 2 is 2.08 bits per heavy atom. The Morgan fingerprint density at radius 3 is 2.46 bits per heavy atom. The Morgan fingerprint density at radius 1 is 1.54 bits per heavy atom. The maximum absolute atomic E-state index is 10.3. The van der Waals surface area contributed by atoms with Crippen LogP contribution in [0.15, 0.2) is 0 Å². The normalized spacial score (nSPS) is 13.8. The van der Waals surface area contributed by atoms with Gasteiger partial charge in [-0.3, -0.25) is 0 Å². The first-order valence-corrected chi connectivity index (χ1v) is 4.17. The summed E-state index contributed by atoms with van der Waals surface area (Å²) in [4.78, 5) is 10.3. The van der Waals surface area contributed by atoms with E-state index in [1.165, 1.54) is 0 Å². The molecule has 0 aromatic carbocycles. The van der Waals surface area contributed by atoms with Gasteiger partial charge in [-0.2, -0.15) is 0 Å². The largest absolute Gasteiger partial charge is 0.465 e. The summed E-state index contributed by atoms with van der Waals surface area (Å²) in [5.74, 6) is 0. The minimum Gasteiger partial charge on any atom is -0.465 e. The fourth-order valence-corrected chi connectivity index (χ4v) is 1.18. The molecule has 0 aliphatic rings. The number of nitrogens with one attached hydrogen (secondary N) is 1. The lowest BCUT2D eigenvalue weighted by atomic mass is 9.95. The molecule has 13 heavy (non-hydrogen) atoms. The molecule has 0 radical (unpaired) electrons. The average molecular weight is 191 g/mol. The zero-order valence-corrected chi connectivity index (χ0v) is 7.95. The van der Waals surface area contributed by atoms with Crippen molar-refractivity contribution in [3.63, 3.8) is 0 Å². The predicted molar refractivity (Wildman–Crippen MR) is 47.6 cm³/mol. The fourth-order valence-electron chi connectivity index (χ4n) is 1.18. The van der Waals surface area contributed by atoms with Crippen LogP contribution in [0, 0.1) is 0 Å². The minimum atomic E-state index is -1.11. The van der Waals surface area contributed by atoms with Gasteiger partial charge in [-0.1, -0.05) is 0 Å². The molecule has 0 bridgehead atoms. The lowest BCUT2D eigenvalue weighted by molar-refractivity contribution is 0.0973. The molecule has 0 aliphatic carbocycles. The molecule has 1 atom stereocenters. The summed E-state index contributed by atoms with van der Waals surface area (Å²) in [6.07, 6.45) is -1.22. The van der Waals surface area contributed by atoms with E-state index in [0.29, 0.717) is 6.42 Å². The van der Waals surface area contributed by atoms with Gasteiger partial charge in [-0.25, -0.2) is 4.79 Å².